The highest BCUT2D eigenvalue weighted by Gasteiger charge is 2.09. The number of hydrogen-bond donors (Lipinski definition) is 1. The monoisotopic (exact) mass is 246 g/mol. The molecule has 0 bridgehead atoms. The van der Waals surface area contributed by atoms with E-state index in [0.29, 0.717) is 5.82 Å². The zero-order chi connectivity index (χ0) is 13.1. The van der Waals surface area contributed by atoms with Crippen LogP contribution >= 0.6 is 0 Å². The van der Waals surface area contributed by atoms with Crippen molar-refractivity contribution in [2.75, 3.05) is 5.73 Å². The molecule has 2 aromatic heterocycles. The lowest BCUT2D eigenvalue weighted by Crippen LogP contribution is -2.00. The number of rotatable bonds is 5. The number of nitrogens with two attached hydrogens (primary N) is 1. The quantitative estimate of drug-likeness (QED) is 0.824. The van der Waals surface area contributed by atoms with Crippen LogP contribution in [0, 0.1) is 12.8 Å². The number of unbranched alkanes of at least 4 members (excludes halogenated alkanes) is 1. The Morgan fingerprint density at radius 2 is 2.06 bits per heavy atom. The van der Waals surface area contributed by atoms with Gasteiger partial charge in [0.15, 0.2) is 0 Å². The van der Waals surface area contributed by atoms with E-state index in [-0.39, 0.29) is 0 Å². The maximum atomic E-state index is 5.90. The van der Waals surface area contributed by atoms with Gasteiger partial charge in [-0.1, -0.05) is 26.7 Å². The molecule has 0 aliphatic rings. The molecule has 0 unspecified atom stereocenters. The van der Waals surface area contributed by atoms with Crippen LogP contribution in [0.3, 0.4) is 0 Å². The predicted molar refractivity (Wildman–Crippen MR) is 75.4 cm³/mol. The molecule has 0 radical (unpaired) electrons. The van der Waals surface area contributed by atoms with E-state index in [2.05, 4.69) is 41.5 Å². The number of hydrogen-bond acceptors (Lipinski definition) is 3. The average Bonchev–Trinajstić information content (AvgIpc) is 2.63. The molecule has 0 atom stereocenters. The fraction of sp³-hybridized carbons (Fsp3) is 0.571. The minimum Gasteiger partial charge on any atom is -0.383 e. The van der Waals surface area contributed by atoms with Crippen molar-refractivity contribution >= 4 is 16.9 Å². The highest BCUT2D eigenvalue weighted by molar-refractivity contribution is 5.89. The summed E-state index contributed by atoms with van der Waals surface area (Å²) >= 11 is 0. The van der Waals surface area contributed by atoms with Crippen LogP contribution in [0.5, 0.6) is 0 Å². The van der Waals surface area contributed by atoms with Gasteiger partial charge < -0.3 is 10.3 Å². The van der Waals surface area contributed by atoms with Crippen molar-refractivity contribution in [3.8, 4) is 0 Å². The summed E-state index contributed by atoms with van der Waals surface area (Å²) in [7, 11) is 0. The Kier molecular flexibility index (Phi) is 3.84. The van der Waals surface area contributed by atoms with Gasteiger partial charge in [-0.2, -0.15) is 0 Å². The Balaban J connectivity index is 2.12. The molecule has 4 heteroatoms. The molecule has 0 amide bonds. The van der Waals surface area contributed by atoms with Crippen molar-refractivity contribution in [1.82, 2.24) is 14.5 Å². The summed E-state index contributed by atoms with van der Waals surface area (Å²) < 4.78 is 2.20. The van der Waals surface area contributed by atoms with Crippen molar-refractivity contribution in [2.24, 2.45) is 5.92 Å². The van der Waals surface area contributed by atoms with Gasteiger partial charge in [0.25, 0.3) is 0 Å². The van der Waals surface area contributed by atoms with Crippen molar-refractivity contribution in [3.63, 3.8) is 0 Å². The van der Waals surface area contributed by atoms with Crippen LogP contribution in [0.15, 0.2) is 12.5 Å². The molecule has 0 aliphatic carbocycles. The molecule has 2 aromatic rings. The first-order valence-corrected chi connectivity index (χ1v) is 6.65. The maximum absolute atomic E-state index is 5.90. The molecular weight excluding hydrogens is 224 g/mol. The molecule has 18 heavy (non-hydrogen) atoms. The van der Waals surface area contributed by atoms with E-state index >= 15 is 0 Å². The van der Waals surface area contributed by atoms with Crippen LogP contribution in [0.25, 0.3) is 11.0 Å². The smallest absolute Gasteiger partial charge is 0.145 e. The highest BCUT2D eigenvalue weighted by Crippen LogP contribution is 2.23. The first-order chi connectivity index (χ1) is 8.59. The van der Waals surface area contributed by atoms with E-state index in [9.17, 15) is 0 Å². The van der Waals surface area contributed by atoms with Crippen molar-refractivity contribution in [3.05, 3.63) is 18.1 Å². The van der Waals surface area contributed by atoms with Crippen LogP contribution in [-0.2, 0) is 6.54 Å². The van der Waals surface area contributed by atoms with Gasteiger partial charge in [0, 0.05) is 12.7 Å². The van der Waals surface area contributed by atoms with Gasteiger partial charge in [-0.25, -0.2) is 9.97 Å². The summed E-state index contributed by atoms with van der Waals surface area (Å²) in [4.78, 5) is 8.40. The lowest BCUT2D eigenvalue weighted by molar-refractivity contribution is 0.512. The minimum atomic E-state index is 0.582. The number of aryl methyl sites for hydroxylation is 2. The second-order valence-electron chi connectivity index (χ2n) is 5.35. The van der Waals surface area contributed by atoms with E-state index in [1.165, 1.54) is 19.3 Å². The molecule has 4 nitrogen and oxygen atoms in total. The number of nitrogens with zero attached hydrogens (tertiary/aromatic N) is 3. The molecule has 0 aromatic carbocycles. The summed E-state index contributed by atoms with van der Waals surface area (Å²) in [5, 5.41) is 1.00. The van der Waals surface area contributed by atoms with E-state index in [1.807, 2.05) is 0 Å². The summed E-state index contributed by atoms with van der Waals surface area (Å²) in [5.41, 5.74) is 8.02. The molecule has 2 heterocycles. The Hall–Kier alpha value is -1.58. The van der Waals surface area contributed by atoms with Gasteiger partial charge in [-0.3, -0.25) is 0 Å². The molecule has 2 rings (SSSR count). The average molecular weight is 246 g/mol. The predicted octanol–water partition coefficient (Wildman–Crippen LogP) is 3.15. The Labute approximate surface area is 108 Å². The third kappa shape index (κ3) is 2.63. The third-order valence-electron chi connectivity index (χ3n) is 3.30. The zero-order valence-electron chi connectivity index (χ0n) is 11.5. The Morgan fingerprint density at radius 1 is 1.28 bits per heavy atom. The van der Waals surface area contributed by atoms with E-state index in [0.717, 1.165) is 29.1 Å². The minimum absolute atomic E-state index is 0.582. The van der Waals surface area contributed by atoms with Gasteiger partial charge in [0.05, 0.1) is 5.39 Å². The van der Waals surface area contributed by atoms with E-state index in [4.69, 9.17) is 5.73 Å². The largest absolute Gasteiger partial charge is 0.383 e. The number of anilines is 1. The van der Waals surface area contributed by atoms with Crippen LogP contribution in [0.4, 0.5) is 5.82 Å². The first kappa shape index (κ1) is 12.9. The van der Waals surface area contributed by atoms with Crippen LogP contribution in [0.1, 0.15) is 38.7 Å². The SMILES string of the molecule is Cc1cn(CCCCC(C)C)c2ncnc(N)c12. The number of fused-ring (bicyclic) bond motifs is 1. The number of nitrogen functional groups attached to an aromatic ring is 1. The van der Waals surface area contributed by atoms with Crippen LogP contribution < -0.4 is 5.73 Å². The second kappa shape index (κ2) is 5.38. The fourth-order valence-corrected chi connectivity index (χ4v) is 2.35. The molecule has 0 fully saturated rings. The standard InChI is InChI=1S/C14H22N4/c1-10(2)6-4-5-7-18-8-11(3)12-13(15)16-9-17-14(12)18/h8-10H,4-7H2,1-3H3,(H2,15,16,17). The Morgan fingerprint density at radius 3 is 2.78 bits per heavy atom. The molecule has 0 saturated carbocycles. The van der Waals surface area contributed by atoms with Crippen molar-refractivity contribution < 1.29 is 0 Å². The second-order valence-corrected chi connectivity index (χ2v) is 5.35. The molecule has 0 aliphatic heterocycles. The summed E-state index contributed by atoms with van der Waals surface area (Å²) in [6.07, 6.45) is 7.41. The lowest BCUT2D eigenvalue weighted by atomic mass is 10.1. The van der Waals surface area contributed by atoms with Crippen LogP contribution in [0.2, 0.25) is 0 Å². The van der Waals surface area contributed by atoms with Gasteiger partial charge in [0.1, 0.15) is 17.8 Å². The summed E-state index contributed by atoms with van der Waals surface area (Å²) in [6, 6.07) is 0. The lowest BCUT2D eigenvalue weighted by Gasteiger charge is -2.06. The molecule has 2 N–H and O–H groups in total. The maximum Gasteiger partial charge on any atom is 0.145 e. The molecular formula is C14H22N4. The van der Waals surface area contributed by atoms with E-state index in [1.54, 1.807) is 6.33 Å². The van der Waals surface area contributed by atoms with Gasteiger partial charge in [-0.05, 0) is 24.8 Å². The third-order valence-corrected chi connectivity index (χ3v) is 3.30. The summed E-state index contributed by atoms with van der Waals surface area (Å²) in [6.45, 7) is 7.60. The normalized spacial score (nSPS) is 11.6. The van der Waals surface area contributed by atoms with Gasteiger partial charge in [-0.15, -0.1) is 0 Å². The van der Waals surface area contributed by atoms with Crippen molar-refractivity contribution in [1.29, 1.82) is 0 Å². The molecule has 0 spiro atoms. The number of aromatic nitrogens is 3. The topological polar surface area (TPSA) is 56.7 Å². The van der Waals surface area contributed by atoms with E-state index < -0.39 is 0 Å². The zero-order valence-corrected chi connectivity index (χ0v) is 11.5. The Bertz CT molecular complexity index is 528. The highest BCUT2D eigenvalue weighted by atomic mass is 15.1. The fourth-order valence-electron chi connectivity index (χ4n) is 2.35. The molecule has 98 valence electrons. The molecule has 0 saturated heterocycles. The van der Waals surface area contributed by atoms with Gasteiger partial charge in [0.2, 0.25) is 0 Å². The summed E-state index contributed by atoms with van der Waals surface area (Å²) in [5.74, 6) is 1.37. The van der Waals surface area contributed by atoms with Crippen LogP contribution in [-0.4, -0.2) is 14.5 Å². The van der Waals surface area contributed by atoms with Gasteiger partial charge >= 0.3 is 0 Å². The van der Waals surface area contributed by atoms with Crippen molar-refractivity contribution in [2.45, 2.75) is 46.6 Å². The first-order valence-electron chi connectivity index (χ1n) is 6.65.